The number of likely N-dealkylation sites (tertiary alicyclic amines) is 1. The maximum Gasteiger partial charge on any atom is 0.317 e. The molecular formula is C14H29N3O2. The summed E-state index contributed by atoms with van der Waals surface area (Å²) in [6, 6.07) is -0.119. The van der Waals surface area contributed by atoms with Crippen LogP contribution in [0.1, 0.15) is 40.0 Å². The zero-order chi connectivity index (χ0) is 14.5. The molecule has 0 bridgehead atoms. The summed E-state index contributed by atoms with van der Waals surface area (Å²) < 4.78 is 0. The van der Waals surface area contributed by atoms with Crippen molar-refractivity contribution in [1.29, 1.82) is 0 Å². The summed E-state index contributed by atoms with van der Waals surface area (Å²) >= 11 is 0. The molecule has 1 heterocycles. The molecule has 1 fully saturated rings. The van der Waals surface area contributed by atoms with Crippen molar-refractivity contribution in [3.05, 3.63) is 0 Å². The molecule has 0 aromatic rings. The van der Waals surface area contributed by atoms with Gasteiger partial charge < -0.3 is 15.3 Å². The number of carbonyl (C=O) groups is 1. The molecule has 2 N–H and O–H groups in total. The molecule has 1 aliphatic rings. The molecule has 1 unspecified atom stereocenters. The molecule has 1 atom stereocenters. The van der Waals surface area contributed by atoms with E-state index in [9.17, 15) is 9.90 Å². The minimum Gasteiger partial charge on any atom is -0.392 e. The summed E-state index contributed by atoms with van der Waals surface area (Å²) in [5.41, 5.74) is -0.0122. The molecule has 0 saturated carbocycles. The van der Waals surface area contributed by atoms with Crippen LogP contribution in [0.25, 0.3) is 0 Å². The lowest BCUT2D eigenvalue weighted by molar-refractivity contribution is 0.0927. The molecule has 1 aliphatic heterocycles. The third kappa shape index (κ3) is 5.37. The molecule has 1 rings (SSSR count). The van der Waals surface area contributed by atoms with E-state index in [0.29, 0.717) is 13.1 Å². The van der Waals surface area contributed by atoms with Crippen LogP contribution in [0.5, 0.6) is 0 Å². The fraction of sp³-hybridized carbons (Fsp3) is 0.929. The Bertz CT molecular complexity index is 286. The van der Waals surface area contributed by atoms with Crippen LogP contribution in [0, 0.1) is 0 Å². The van der Waals surface area contributed by atoms with Crippen LogP contribution in [-0.4, -0.2) is 65.8 Å². The van der Waals surface area contributed by atoms with E-state index in [0.717, 1.165) is 13.1 Å². The van der Waals surface area contributed by atoms with Crippen molar-refractivity contribution < 1.29 is 9.90 Å². The number of piperidine rings is 1. The zero-order valence-electron chi connectivity index (χ0n) is 12.8. The number of carbonyl (C=O) groups excluding carboxylic acids is 1. The highest BCUT2D eigenvalue weighted by molar-refractivity contribution is 5.73. The summed E-state index contributed by atoms with van der Waals surface area (Å²) in [5, 5.41) is 12.2. The smallest absolute Gasteiger partial charge is 0.317 e. The molecule has 1 saturated heterocycles. The van der Waals surface area contributed by atoms with Gasteiger partial charge in [0, 0.05) is 25.7 Å². The van der Waals surface area contributed by atoms with Crippen molar-refractivity contribution >= 4 is 6.03 Å². The predicted molar refractivity (Wildman–Crippen MR) is 77.2 cm³/mol. The third-order valence-electron chi connectivity index (χ3n) is 3.77. The van der Waals surface area contributed by atoms with Crippen molar-refractivity contribution in [2.75, 3.05) is 33.2 Å². The Labute approximate surface area is 117 Å². The molecule has 0 aromatic heterocycles. The van der Waals surface area contributed by atoms with E-state index in [1.165, 1.54) is 24.2 Å². The normalized spacial score (nSPS) is 19.0. The van der Waals surface area contributed by atoms with Crippen LogP contribution in [0.2, 0.25) is 0 Å². The average Bonchev–Trinajstić information content (AvgIpc) is 2.36. The second kappa shape index (κ2) is 7.10. The van der Waals surface area contributed by atoms with E-state index in [1.807, 2.05) is 0 Å². The summed E-state index contributed by atoms with van der Waals surface area (Å²) in [6.45, 7) is 9.26. The highest BCUT2D eigenvalue weighted by Gasteiger charge is 2.28. The van der Waals surface area contributed by atoms with Crippen molar-refractivity contribution in [1.82, 2.24) is 15.1 Å². The second-order valence-corrected chi connectivity index (χ2v) is 6.25. The van der Waals surface area contributed by atoms with E-state index < -0.39 is 6.10 Å². The first-order valence-corrected chi connectivity index (χ1v) is 7.25. The van der Waals surface area contributed by atoms with Gasteiger partial charge in [-0.3, -0.25) is 4.90 Å². The molecule has 5 heteroatoms. The summed E-state index contributed by atoms with van der Waals surface area (Å²) in [5.74, 6) is 0. The van der Waals surface area contributed by atoms with Gasteiger partial charge in [-0.05, 0) is 46.7 Å². The minimum absolute atomic E-state index is 0.0122. The first kappa shape index (κ1) is 16.2. The van der Waals surface area contributed by atoms with Crippen molar-refractivity contribution in [2.24, 2.45) is 0 Å². The maximum absolute atomic E-state index is 11.9. The van der Waals surface area contributed by atoms with Gasteiger partial charge in [-0.2, -0.15) is 0 Å². The Hall–Kier alpha value is -0.810. The molecule has 0 radical (unpaired) electrons. The first-order valence-electron chi connectivity index (χ1n) is 7.25. The van der Waals surface area contributed by atoms with Crippen molar-refractivity contribution in [2.45, 2.75) is 51.7 Å². The zero-order valence-corrected chi connectivity index (χ0v) is 12.8. The Balaban J connectivity index is 2.39. The quantitative estimate of drug-likeness (QED) is 0.792. The number of aliphatic hydroxyl groups is 1. The molecule has 5 nitrogen and oxygen atoms in total. The van der Waals surface area contributed by atoms with Gasteiger partial charge in [0.1, 0.15) is 0 Å². The van der Waals surface area contributed by atoms with E-state index >= 15 is 0 Å². The summed E-state index contributed by atoms with van der Waals surface area (Å²) in [7, 11) is 1.70. The Morgan fingerprint density at radius 3 is 2.47 bits per heavy atom. The SMILES string of the molecule is CC(O)CN(C)C(=O)NCC(C)(C)N1CCCCC1. The molecular weight excluding hydrogens is 242 g/mol. The number of hydrogen-bond acceptors (Lipinski definition) is 3. The molecule has 0 aromatic carbocycles. The first-order chi connectivity index (χ1) is 8.83. The standard InChI is InChI=1S/C14H29N3O2/c1-12(18)10-16(4)13(19)15-11-14(2,3)17-8-6-5-7-9-17/h12,18H,5-11H2,1-4H3,(H,15,19). The second-order valence-electron chi connectivity index (χ2n) is 6.25. The third-order valence-corrected chi connectivity index (χ3v) is 3.77. The van der Waals surface area contributed by atoms with Crippen LogP contribution < -0.4 is 5.32 Å². The van der Waals surface area contributed by atoms with E-state index in [4.69, 9.17) is 0 Å². The number of rotatable bonds is 5. The number of nitrogens with one attached hydrogen (secondary N) is 1. The molecule has 19 heavy (non-hydrogen) atoms. The highest BCUT2D eigenvalue weighted by Crippen LogP contribution is 2.19. The van der Waals surface area contributed by atoms with Gasteiger partial charge in [0.05, 0.1) is 6.10 Å². The fourth-order valence-corrected chi connectivity index (χ4v) is 2.52. The van der Waals surface area contributed by atoms with Gasteiger partial charge >= 0.3 is 6.03 Å². The molecule has 0 aliphatic carbocycles. The topological polar surface area (TPSA) is 55.8 Å². The fourth-order valence-electron chi connectivity index (χ4n) is 2.52. The van der Waals surface area contributed by atoms with E-state index in [2.05, 4.69) is 24.1 Å². The van der Waals surface area contributed by atoms with Crippen LogP contribution >= 0.6 is 0 Å². The number of hydrogen-bond donors (Lipinski definition) is 2. The van der Waals surface area contributed by atoms with Gasteiger partial charge in [0.2, 0.25) is 0 Å². The average molecular weight is 271 g/mol. The molecule has 0 spiro atoms. The molecule has 112 valence electrons. The summed E-state index contributed by atoms with van der Waals surface area (Å²) in [6.07, 6.45) is 3.32. The highest BCUT2D eigenvalue weighted by atomic mass is 16.3. The minimum atomic E-state index is -0.495. The Kier molecular flexibility index (Phi) is 6.07. The van der Waals surface area contributed by atoms with Crippen molar-refractivity contribution in [3.8, 4) is 0 Å². The lowest BCUT2D eigenvalue weighted by Crippen LogP contribution is -2.55. The van der Waals surface area contributed by atoms with Crippen LogP contribution in [0.4, 0.5) is 4.79 Å². The maximum atomic E-state index is 11.9. The van der Waals surface area contributed by atoms with Gasteiger partial charge in [-0.1, -0.05) is 6.42 Å². The summed E-state index contributed by atoms with van der Waals surface area (Å²) in [4.78, 5) is 15.9. The van der Waals surface area contributed by atoms with Crippen LogP contribution in [0.3, 0.4) is 0 Å². The monoisotopic (exact) mass is 271 g/mol. The van der Waals surface area contributed by atoms with E-state index in [-0.39, 0.29) is 11.6 Å². The number of aliphatic hydroxyl groups excluding tert-OH is 1. The van der Waals surface area contributed by atoms with Crippen molar-refractivity contribution in [3.63, 3.8) is 0 Å². The predicted octanol–water partition coefficient (Wildman–Crippen LogP) is 1.27. The Morgan fingerprint density at radius 1 is 1.37 bits per heavy atom. The number of nitrogens with zero attached hydrogens (tertiary/aromatic N) is 2. The number of amides is 2. The number of urea groups is 1. The van der Waals surface area contributed by atoms with Gasteiger partial charge in [0.25, 0.3) is 0 Å². The number of likely N-dealkylation sites (N-methyl/N-ethyl adjacent to an activating group) is 1. The lowest BCUT2D eigenvalue weighted by Gasteiger charge is -2.41. The molecule has 2 amide bonds. The Morgan fingerprint density at radius 2 is 1.95 bits per heavy atom. The van der Waals surface area contributed by atoms with E-state index in [1.54, 1.807) is 14.0 Å². The largest absolute Gasteiger partial charge is 0.392 e. The van der Waals surface area contributed by atoms with Gasteiger partial charge in [0.15, 0.2) is 0 Å². The van der Waals surface area contributed by atoms with Gasteiger partial charge in [-0.15, -0.1) is 0 Å². The lowest BCUT2D eigenvalue weighted by atomic mass is 9.98. The van der Waals surface area contributed by atoms with Crippen LogP contribution in [0.15, 0.2) is 0 Å². The van der Waals surface area contributed by atoms with Gasteiger partial charge in [-0.25, -0.2) is 4.79 Å². The van der Waals surface area contributed by atoms with Crippen LogP contribution in [-0.2, 0) is 0 Å².